The molecule has 0 spiro atoms. The molecule has 0 bridgehead atoms. The van der Waals surface area contributed by atoms with Gasteiger partial charge in [-0.25, -0.2) is 14.4 Å². The monoisotopic (exact) mass is 479 g/mol. The number of H-pyrrole nitrogens is 1. The Kier molecular flexibility index (Phi) is 6.45. The lowest BCUT2D eigenvalue weighted by atomic mass is 10.1. The fourth-order valence-corrected chi connectivity index (χ4v) is 4.77. The highest BCUT2D eigenvalue weighted by atomic mass is 35.5. The maximum absolute atomic E-state index is 14.5. The zero-order valence-electron chi connectivity index (χ0n) is 19.1. The number of hydrogen-bond acceptors (Lipinski definition) is 6. The zero-order valence-corrected chi connectivity index (χ0v) is 19.9. The van der Waals surface area contributed by atoms with E-state index in [1.165, 1.54) is 18.5 Å². The molecule has 3 N–H and O–H groups in total. The number of fused-ring (bicyclic) bond motifs is 1. The van der Waals surface area contributed by atoms with Gasteiger partial charge >= 0.3 is 0 Å². The van der Waals surface area contributed by atoms with Gasteiger partial charge in [-0.05, 0) is 50.2 Å². The SMILES string of the molecule is CC1CN(CCNc2cnc3ccc(-c4[nH]cnc4-c4cc(Cl)ccc4F)nc3c2)C[C@H](C)N1. The average Bonchev–Trinajstić information content (AvgIpc) is 3.29. The number of imidazole rings is 1. The second kappa shape index (κ2) is 9.66. The van der Waals surface area contributed by atoms with Crippen molar-refractivity contribution < 1.29 is 4.39 Å². The lowest BCUT2D eigenvalue weighted by Gasteiger charge is -2.36. The molecule has 9 heteroatoms. The molecule has 1 saturated heterocycles. The fraction of sp³-hybridized carbons (Fsp3) is 0.320. The number of aromatic amines is 1. The topological polar surface area (TPSA) is 81.8 Å². The van der Waals surface area contributed by atoms with E-state index in [-0.39, 0.29) is 5.82 Å². The van der Waals surface area contributed by atoms with Crippen molar-refractivity contribution in [2.75, 3.05) is 31.5 Å². The molecule has 3 aromatic heterocycles. The highest BCUT2D eigenvalue weighted by molar-refractivity contribution is 6.30. The number of hydrogen-bond donors (Lipinski definition) is 3. The number of aromatic nitrogens is 4. The molecule has 7 nitrogen and oxygen atoms in total. The van der Waals surface area contributed by atoms with Gasteiger partial charge in [0.1, 0.15) is 11.5 Å². The van der Waals surface area contributed by atoms with E-state index in [0.29, 0.717) is 39.8 Å². The van der Waals surface area contributed by atoms with Crippen LogP contribution in [0, 0.1) is 5.82 Å². The van der Waals surface area contributed by atoms with Crippen molar-refractivity contribution in [1.82, 2.24) is 30.2 Å². The number of nitrogens with zero attached hydrogens (tertiary/aromatic N) is 4. The number of rotatable bonds is 6. The van der Waals surface area contributed by atoms with Crippen LogP contribution in [-0.2, 0) is 0 Å². The highest BCUT2D eigenvalue weighted by Gasteiger charge is 2.20. The molecule has 176 valence electrons. The van der Waals surface area contributed by atoms with Crippen LogP contribution < -0.4 is 10.6 Å². The first-order chi connectivity index (χ1) is 16.5. The van der Waals surface area contributed by atoms with Crippen LogP contribution in [-0.4, -0.2) is 63.1 Å². The number of pyridine rings is 2. The highest BCUT2D eigenvalue weighted by Crippen LogP contribution is 2.32. The number of halogens is 2. The molecular formula is C25H27ClFN7. The van der Waals surface area contributed by atoms with Crippen LogP contribution in [0.25, 0.3) is 33.7 Å². The largest absolute Gasteiger partial charge is 0.382 e. The number of anilines is 1. The maximum Gasteiger partial charge on any atom is 0.132 e. The van der Waals surface area contributed by atoms with Crippen molar-refractivity contribution in [3.05, 3.63) is 59.8 Å². The summed E-state index contributed by atoms with van der Waals surface area (Å²) in [5, 5.41) is 7.48. The van der Waals surface area contributed by atoms with E-state index in [1.807, 2.05) is 24.4 Å². The van der Waals surface area contributed by atoms with Gasteiger partial charge in [-0.3, -0.25) is 9.88 Å². The van der Waals surface area contributed by atoms with E-state index in [4.69, 9.17) is 16.6 Å². The van der Waals surface area contributed by atoms with Gasteiger partial charge in [-0.15, -0.1) is 0 Å². The van der Waals surface area contributed by atoms with Crippen LogP contribution in [0.1, 0.15) is 13.8 Å². The third kappa shape index (κ3) is 4.89. The summed E-state index contributed by atoms with van der Waals surface area (Å²) in [5.41, 5.74) is 4.53. The second-order valence-electron chi connectivity index (χ2n) is 8.86. The molecule has 0 radical (unpaired) electrons. The normalized spacial score (nSPS) is 18.9. The molecule has 0 saturated carbocycles. The van der Waals surface area contributed by atoms with Crippen LogP contribution in [0.4, 0.5) is 10.1 Å². The summed E-state index contributed by atoms with van der Waals surface area (Å²) in [7, 11) is 0. The Labute approximate surface area is 202 Å². The van der Waals surface area contributed by atoms with Crippen molar-refractivity contribution in [1.29, 1.82) is 0 Å². The minimum absolute atomic E-state index is 0.329. The molecular weight excluding hydrogens is 453 g/mol. The molecule has 4 aromatic rings. The van der Waals surface area contributed by atoms with Crippen LogP contribution in [0.5, 0.6) is 0 Å². The van der Waals surface area contributed by atoms with Gasteiger partial charge in [-0.2, -0.15) is 0 Å². The van der Waals surface area contributed by atoms with Crippen LogP contribution >= 0.6 is 11.6 Å². The molecule has 1 fully saturated rings. The number of nitrogens with one attached hydrogen (secondary N) is 3. The summed E-state index contributed by atoms with van der Waals surface area (Å²) in [4.78, 5) is 19.2. The van der Waals surface area contributed by atoms with Gasteiger partial charge in [0.05, 0.1) is 40.6 Å². The lowest BCUT2D eigenvalue weighted by molar-refractivity contribution is 0.179. The van der Waals surface area contributed by atoms with Gasteiger partial charge in [-0.1, -0.05) is 11.6 Å². The van der Waals surface area contributed by atoms with Crippen molar-refractivity contribution in [2.24, 2.45) is 0 Å². The van der Waals surface area contributed by atoms with Gasteiger partial charge in [0, 0.05) is 48.8 Å². The number of benzene rings is 1. The smallest absolute Gasteiger partial charge is 0.132 e. The van der Waals surface area contributed by atoms with E-state index in [1.54, 1.807) is 6.07 Å². The zero-order chi connectivity index (χ0) is 23.7. The van der Waals surface area contributed by atoms with Crippen LogP contribution in [0.15, 0.2) is 48.9 Å². The molecule has 34 heavy (non-hydrogen) atoms. The molecule has 1 aliphatic heterocycles. The summed E-state index contributed by atoms with van der Waals surface area (Å²) in [6.45, 7) is 8.33. The molecule has 1 unspecified atom stereocenters. The van der Waals surface area contributed by atoms with Gasteiger partial charge in [0.15, 0.2) is 0 Å². The predicted molar refractivity (Wildman–Crippen MR) is 135 cm³/mol. The minimum atomic E-state index is -0.389. The van der Waals surface area contributed by atoms with Crippen LogP contribution in [0.3, 0.4) is 0 Å². The van der Waals surface area contributed by atoms with Crippen molar-refractivity contribution in [3.8, 4) is 22.6 Å². The predicted octanol–water partition coefficient (Wildman–Crippen LogP) is 4.57. The van der Waals surface area contributed by atoms with Gasteiger partial charge < -0.3 is 15.6 Å². The summed E-state index contributed by atoms with van der Waals surface area (Å²) in [6.07, 6.45) is 3.36. The molecule has 0 amide bonds. The minimum Gasteiger partial charge on any atom is -0.382 e. The quantitative estimate of drug-likeness (QED) is 0.376. The average molecular weight is 480 g/mol. The van der Waals surface area contributed by atoms with Crippen molar-refractivity contribution in [2.45, 2.75) is 25.9 Å². The first-order valence-corrected chi connectivity index (χ1v) is 11.8. The first-order valence-electron chi connectivity index (χ1n) is 11.4. The van der Waals surface area contributed by atoms with E-state index in [0.717, 1.165) is 42.9 Å². The molecule has 0 aliphatic carbocycles. The van der Waals surface area contributed by atoms with Crippen molar-refractivity contribution >= 4 is 28.3 Å². The first kappa shape index (κ1) is 22.7. The standard InChI is InChI=1S/C25H27ClFN7/c1-15-12-34(13-16(2)32-15)8-7-28-18-10-23-21(29-11-18)5-6-22(33-23)25-24(30-14-31-25)19-9-17(26)3-4-20(19)27/h3-6,9-11,14-16,28,32H,7-8,12-13H2,1-2H3,(H,30,31)/t15-,16?/m0/s1. The van der Waals surface area contributed by atoms with E-state index in [9.17, 15) is 4.39 Å². The van der Waals surface area contributed by atoms with E-state index < -0.39 is 0 Å². The van der Waals surface area contributed by atoms with Crippen molar-refractivity contribution in [3.63, 3.8) is 0 Å². The summed E-state index contributed by atoms with van der Waals surface area (Å²) >= 11 is 6.09. The fourth-order valence-electron chi connectivity index (χ4n) is 4.60. The summed E-state index contributed by atoms with van der Waals surface area (Å²) in [5.74, 6) is -0.389. The molecule has 4 heterocycles. The Balaban J connectivity index is 1.35. The van der Waals surface area contributed by atoms with E-state index >= 15 is 0 Å². The van der Waals surface area contributed by atoms with E-state index in [2.05, 4.69) is 44.3 Å². The number of piperazine rings is 1. The summed E-state index contributed by atoms with van der Waals surface area (Å²) < 4.78 is 14.5. The molecule has 1 aliphatic rings. The molecule has 2 atom stereocenters. The molecule has 5 rings (SSSR count). The van der Waals surface area contributed by atoms with Gasteiger partial charge in [0.25, 0.3) is 0 Å². The Bertz CT molecular complexity index is 1300. The Morgan fingerprint density at radius 2 is 1.91 bits per heavy atom. The summed E-state index contributed by atoms with van der Waals surface area (Å²) in [6, 6.07) is 11.2. The Morgan fingerprint density at radius 1 is 1.09 bits per heavy atom. The second-order valence-corrected chi connectivity index (χ2v) is 9.30. The third-order valence-corrected chi connectivity index (χ3v) is 6.24. The lowest BCUT2D eigenvalue weighted by Crippen LogP contribution is -2.54. The van der Waals surface area contributed by atoms with Gasteiger partial charge in [0.2, 0.25) is 0 Å². The Hall–Kier alpha value is -3.07. The third-order valence-electron chi connectivity index (χ3n) is 6.01. The Morgan fingerprint density at radius 3 is 2.74 bits per heavy atom. The maximum atomic E-state index is 14.5. The molecule has 1 aromatic carbocycles. The van der Waals surface area contributed by atoms with Crippen LogP contribution in [0.2, 0.25) is 5.02 Å².